The molecule has 4 aromatic rings. The van der Waals surface area contributed by atoms with E-state index < -0.39 is 0 Å². The summed E-state index contributed by atoms with van der Waals surface area (Å²) in [6.07, 6.45) is 1.73. The first-order chi connectivity index (χ1) is 20.0. The molecule has 5 rings (SSSR count). The topological polar surface area (TPSA) is 73.8 Å². The third-order valence-electron chi connectivity index (χ3n) is 6.96. The number of halogens is 2. The number of carbonyl (C=O) groups is 1. The molecule has 0 aliphatic carbocycles. The SMILES string of the molecule is CCN(CC)CCOc1ccc(Nc2ncc3c(n2)N(Cc2ccccc2)C(=O)N(c2c(Cl)cccc2Cl)C3)cc1. The molecule has 1 aromatic heterocycles. The van der Waals surface area contributed by atoms with Crippen molar-refractivity contribution in [2.24, 2.45) is 0 Å². The van der Waals surface area contributed by atoms with Crippen LogP contribution >= 0.6 is 23.2 Å². The molecule has 0 saturated carbocycles. The summed E-state index contributed by atoms with van der Waals surface area (Å²) in [4.78, 5) is 28.8. The third-order valence-corrected chi connectivity index (χ3v) is 7.57. The van der Waals surface area contributed by atoms with Crippen LogP contribution in [0.3, 0.4) is 0 Å². The van der Waals surface area contributed by atoms with Crippen LogP contribution in [0.25, 0.3) is 0 Å². The van der Waals surface area contributed by atoms with Gasteiger partial charge in [0.05, 0.1) is 28.8 Å². The molecule has 0 radical (unpaired) electrons. The number of ether oxygens (including phenoxy) is 1. The maximum absolute atomic E-state index is 13.9. The van der Waals surface area contributed by atoms with Gasteiger partial charge in [0, 0.05) is 24.0 Å². The Morgan fingerprint density at radius 3 is 2.34 bits per heavy atom. The van der Waals surface area contributed by atoms with Gasteiger partial charge in [-0.25, -0.2) is 9.78 Å². The fraction of sp³-hybridized carbons (Fsp3) is 0.258. The number of hydrogen-bond donors (Lipinski definition) is 1. The lowest BCUT2D eigenvalue weighted by Crippen LogP contribution is -2.47. The van der Waals surface area contributed by atoms with E-state index in [1.54, 1.807) is 34.2 Å². The second kappa shape index (κ2) is 13.2. The van der Waals surface area contributed by atoms with Gasteiger partial charge in [-0.3, -0.25) is 9.80 Å². The molecule has 0 atom stereocenters. The van der Waals surface area contributed by atoms with Crippen molar-refractivity contribution >= 4 is 52.4 Å². The maximum Gasteiger partial charge on any atom is 0.330 e. The second-order valence-electron chi connectivity index (χ2n) is 9.58. The molecule has 0 saturated heterocycles. The van der Waals surface area contributed by atoms with Crippen molar-refractivity contribution in [2.75, 3.05) is 41.4 Å². The molecule has 41 heavy (non-hydrogen) atoms. The van der Waals surface area contributed by atoms with E-state index in [1.807, 2.05) is 54.6 Å². The van der Waals surface area contributed by atoms with Crippen molar-refractivity contribution in [3.8, 4) is 5.75 Å². The van der Waals surface area contributed by atoms with E-state index in [4.69, 9.17) is 32.9 Å². The number of nitrogens with zero attached hydrogens (tertiary/aromatic N) is 5. The Morgan fingerprint density at radius 2 is 1.66 bits per heavy atom. The normalized spacial score (nSPS) is 13.0. The summed E-state index contributed by atoms with van der Waals surface area (Å²) in [5, 5.41) is 4.05. The van der Waals surface area contributed by atoms with Crippen molar-refractivity contribution in [1.82, 2.24) is 14.9 Å². The number of rotatable bonds is 11. The number of benzene rings is 3. The summed E-state index contributed by atoms with van der Waals surface area (Å²) in [7, 11) is 0. The van der Waals surface area contributed by atoms with Gasteiger partial charge >= 0.3 is 6.03 Å². The van der Waals surface area contributed by atoms with Gasteiger partial charge in [0.1, 0.15) is 18.2 Å². The molecule has 1 N–H and O–H groups in total. The number of nitrogens with one attached hydrogen (secondary N) is 1. The summed E-state index contributed by atoms with van der Waals surface area (Å²) < 4.78 is 5.90. The molecule has 3 aromatic carbocycles. The summed E-state index contributed by atoms with van der Waals surface area (Å²) in [5.41, 5.74) is 3.01. The molecule has 10 heteroatoms. The molecule has 2 heterocycles. The molecule has 0 bridgehead atoms. The lowest BCUT2D eigenvalue weighted by molar-refractivity contribution is 0.223. The predicted octanol–water partition coefficient (Wildman–Crippen LogP) is 7.39. The zero-order valence-corrected chi connectivity index (χ0v) is 24.6. The number of hydrogen-bond acceptors (Lipinski definition) is 6. The number of para-hydroxylation sites is 1. The molecule has 0 spiro atoms. The van der Waals surface area contributed by atoms with Crippen LogP contribution in [0.2, 0.25) is 10.0 Å². The predicted molar refractivity (Wildman–Crippen MR) is 166 cm³/mol. The van der Waals surface area contributed by atoms with Crippen LogP contribution in [0.5, 0.6) is 5.75 Å². The average Bonchev–Trinajstić information content (AvgIpc) is 2.99. The van der Waals surface area contributed by atoms with Gasteiger partial charge in [0.2, 0.25) is 5.95 Å². The zero-order valence-electron chi connectivity index (χ0n) is 23.1. The Hall–Kier alpha value is -3.85. The number of fused-ring (bicyclic) bond motifs is 1. The van der Waals surface area contributed by atoms with Gasteiger partial charge in [-0.2, -0.15) is 4.98 Å². The maximum atomic E-state index is 13.9. The lowest BCUT2D eigenvalue weighted by atomic mass is 10.1. The van der Waals surface area contributed by atoms with Gasteiger partial charge in [0.15, 0.2) is 0 Å². The highest BCUT2D eigenvalue weighted by Gasteiger charge is 2.35. The van der Waals surface area contributed by atoms with E-state index >= 15 is 0 Å². The van der Waals surface area contributed by atoms with Crippen LogP contribution in [-0.2, 0) is 13.1 Å². The Morgan fingerprint density at radius 1 is 0.951 bits per heavy atom. The van der Waals surface area contributed by atoms with Crippen molar-refractivity contribution < 1.29 is 9.53 Å². The molecule has 1 aliphatic heterocycles. The second-order valence-corrected chi connectivity index (χ2v) is 10.4. The monoisotopic (exact) mass is 590 g/mol. The van der Waals surface area contributed by atoms with E-state index in [0.29, 0.717) is 40.7 Å². The van der Waals surface area contributed by atoms with Crippen molar-refractivity contribution in [3.63, 3.8) is 0 Å². The number of amides is 2. The van der Waals surface area contributed by atoms with Crippen LogP contribution < -0.4 is 19.9 Å². The van der Waals surface area contributed by atoms with Gasteiger partial charge < -0.3 is 15.0 Å². The fourth-order valence-electron chi connectivity index (χ4n) is 4.70. The Kier molecular flexibility index (Phi) is 9.24. The minimum Gasteiger partial charge on any atom is -0.492 e. The Bertz CT molecular complexity index is 1460. The molecule has 212 valence electrons. The largest absolute Gasteiger partial charge is 0.492 e. The number of anilines is 4. The number of urea groups is 1. The summed E-state index contributed by atoms with van der Waals surface area (Å²) in [6.45, 7) is 8.37. The molecule has 0 fully saturated rings. The van der Waals surface area contributed by atoms with E-state index in [1.165, 1.54) is 0 Å². The quantitative estimate of drug-likeness (QED) is 0.196. The molecule has 1 aliphatic rings. The fourth-order valence-corrected chi connectivity index (χ4v) is 5.31. The molecular weight excluding hydrogens is 559 g/mol. The van der Waals surface area contributed by atoms with Crippen molar-refractivity contribution in [3.05, 3.63) is 100 Å². The lowest BCUT2D eigenvalue weighted by Gasteiger charge is -2.36. The zero-order chi connectivity index (χ0) is 28.8. The first-order valence-corrected chi connectivity index (χ1v) is 14.4. The van der Waals surface area contributed by atoms with Crippen LogP contribution in [0, 0.1) is 0 Å². The third kappa shape index (κ3) is 6.73. The summed E-state index contributed by atoms with van der Waals surface area (Å²) >= 11 is 13.0. The van der Waals surface area contributed by atoms with Gasteiger partial charge in [-0.15, -0.1) is 0 Å². The molecule has 0 unspecified atom stereocenters. The summed E-state index contributed by atoms with van der Waals surface area (Å²) in [6, 6.07) is 22.4. The standard InChI is InChI=1S/C31H32Cl2N6O2/c1-3-37(4-2)17-18-41-25-15-13-24(14-16-25)35-30-34-19-23-21-38(28-26(32)11-8-12-27(28)33)31(40)39(29(23)36-30)20-22-9-6-5-7-10-22/h5-16,19H,3-4,17-18,20-21H2,1-2H3,(H,34,35,36). The highest BCUT2D eigenvalue weighted by atomic mass is 35.5. The molecule has 2 amide bonds. The number of aromatic nitrogens is 2. The highest BCUT2D eigenvalue weighted by Crippen LogP contribution is 2.39. The van der Waals surface area contributed by atoms with Crippen molar-refractivity contribution in [1.29, 1.82) is 0 Å². The highest BCUT2D eigenvalue weighted by molar-refractivity contribution is 6.40. The first-order valence-electron chi connectivity index (χ1n) is 13.6. The summed E-state index contributed by atoms with van der Waals surface area (Å²) in [5.74, 6) is 1.72. The Labute approximate surface area is 250 Å². The average molecular weight is 592 g/mol. The number of carbonyl (C=O) groups excluding carboxylic acids is 1. The first kappa shape index (κ1) is 28.7. The van der Waals surface area contributed by atoms with E-state index in [2.05, 4.69) is 29.0 Å². The number of likely N-dealkylation sites (N-methyl/N-ethyl adjacent to an activating group) is 1. The van der Waals surface area contributed by atoms with Crippen molar-refractivity contribution in [2.45, 2.75) is 26.9 Å². The Balaban J connectivity index is 1.38. The van der Waals surface area contributed by atoms with Gasteiger partial charge in [-0.1, -0.05) is 73.4 Å². The van der Waals surface area contributed by atoms with E-state index in [0.717, 1.165) is 42.2 Å². The van der Waals surface area contributed by atoms with Gasteiger partial charge in [-0.05, 0) is 55.1 Å². The van der Waals surface area contributed by atoms with E-state index in [-0.39, 0.29) is 12.6 Å². The van der Waals surface area contributed by atoms with Crippen LogP contribution in [0.15, 0.2) is 79.0 Å². The smallest absolute Gasteiger partial charge is 0.330 e. The minimum absolute atomic E-state index is 0.239. The van der Waals surface area contributed by atoms with Crippen LogP contribution in [0.1, 0.15) is 25.0 Å². The van der Waals surface area contributed by atoms with Crippen LogP contribution in [-0.4, -0.2) is 47.1 Å². The van der Waals surface area contributed by atoms with E-state index in [9.17, 15) is 4.79 Å². The minimum atomic E-state index is -0.271. The molecule has 8 nitrogen and oxygen atoms in total. The molecular formula is C31H32Cl2N6O2. The van der Waals surface area contributed by atoms with Crippen LogP contribution in [0.4, 0.5) is 27.9 Å². The van der Waals surface area contributed by atoms with Gasteiger partial charge in [0.25, 0.3) is 0 Å².